The summed E-state index contributed by atoms with van der Waals surface area (Å²) in [6.45, 7) is 1.76. The van der Waals surface area contributed by atoms with Crippen molar-refractivity contribution < 1.29 is 18.7 Å². The van der Waals surface area contributed by atoms with Gasteiger partial charge in [0.05, 0.1) is 5.56 Å². The van der Waals surface area contributed by atoms with Gasteiger partial charge in [0.1, 0.15) is 24.8 Å². The molecule has 4 nitrogen and oxygen atoms in total. The summed E-state index contributed by atoms with van der Waals surface area (Å²) in [6, 6.07) is 11.9. The lowest BCUT2D eigenvalue weighted by Crippen LogP contribution is -2.14. The third-order valence-electron chi connectivity index (χ3n) is 2.83. The number of halogens is 1. The van der Waals surface area contributed by atoms with E-state index < -0.39 is 11.8 Å². The third kappa shape index (κ3) is 3.95. The van der Waals surface area contributed by atoms with Crippen molar-refractivity contribution in [2.45, 2.75) is 6.92 Å². The lowest BCUT2D eigenvalue weighted by molar-refractivity contribution is 0.0445. The summed E-state index contributed by atoms with van der Waals surface area (Å²) in [5, 5.41) is 0. The molecule has 0 radical (unpaired) electrons. The second-order valence-corrected chi connectivity index (χ2v) is 4.50. The Hall–Kier alpha value is -2.56. The van der Waals surface area contributed by atoms with Gasteiger partial charge in [-0.25, -0.2) is 9.18 Å². The van der Waals surface area contributed by atoms with E-state index in [1.165, 1.54) is 12.1 Å². The summed E-state index contributed by atoms with van der Waals surface area (Å²) in [5.74, 6) is -0.683. The molecule has 0 fully saturated rings. The van der Waals surface area contributed by atoms with Crippen molar-refractivity contribution in [3.63, 3.8) is 0 Å². The van der Waals surface area contributed by atoms with E-state index in [0.29, 0.717) is 17.0 Å². The monoisotopic (exact) mass is 289 g/mol. The number of carbonyl (C=O) groups excluding carboxylic acids is 1. The fourth-order valence-corrected chi connectivity index (χ4v) is 1.83. The zero-order valence-corrected chi connectivity index (χ0v) is 11.6. The van der Waals surface area contributed by atoms with Crippen molar-refractivity contribution in [3.05, 3.63) is 59.4 Å². The number of nitrogens with two attached hydrogens (primary N) is 1. The number of nitrogen functional groups attached to an aromatic ring is 1. The van der Waals surface area contributed by atoms with Gasteiger partial charge in [-0.15, -0.1) is 0 Å². The topological polar surface area (TPSA) is 61.6 Å². The quantitative estimate of drug-likeness (QED) is 0.522. The van der Waals surface area contributed by atoms with Gasteiger partial charge < -0.3 is 15.2 Å². The smallest absolute Gasteiger partial charge is 0.341 e. The summed E-state index contributed by atoms with van der Waals surface area (Å²) in [7, 11) is 0. The zero-order valence-electron chi connectivity index (χ0n) is 11.6. The minimum absolute atomic E-state index is 0.0288. The highest BCUT2D eigenvalue weighted by atomic mass is 19.1. The molecule has 0 unspecified atom stereocenters. The predicted octanol–water partition coefficient (Wildman–Crippen LogP) is 2.95. The molecular formula is C16H16FNO3. The normalized spacial score (nSPS) is 10.2. The Labute approximate surface area is 122 Å². The van der Waals surface area contributed by atoms with Crippen molar-refractivity contribution in [2.24, 2.45) is 0 Å². The minimum Gasteiger partial charge on any atom is -0.490 e. The van der Waals surface area contributed by atoms with E-state index in [4.69, 9.17) is 15.2 Å². The molecule has 0 amide bonds. The van der Waals surface area contributed by atoms with Crippen LogP contribution in [0.1, 0.15) is 15.9 Å². The second kappa shape index (κ2) is 6.74. The molecule has 0 aliphatic heterocycles. The van der Waals surface area contributed by atoms with E-state index >= 15 is 0 Å². The number of esters is 1. The van der Waals surface area contributed by atoms with Gasteiger partial charge in [-0.2, -0.15) is 0 Å². The Balaban J connectivity index is 1.88. The molecule has 2 rings (SSSR count). The van der Waals surface area contributed by atoms with Gasteiger partial charge in [0, 0.05) is 5.69 Å². The van der Waals surface area contributed by atoms with Crippen LogP contribution >= 0.6 is 0 Å². The third-order valence-corrected chi connectivity index (χ3v) is 2.83. The highest BCUT2D eigenvalue weighted by Gasteiger charge is 2.16. The van der Waals surface area contributed by atoms with Gasteiger partial charge in [0.15, 0.2) is 0 Å². The largest absolute Gasteiger partial charge is 0.490 e. The standard InChI is InChI=1S/C16H16FNO3/c1-11-9-12(18)10-14(15(11)17)16(19)21-8-7-20-13-5-3-2-4-6-13/h2-6,9-10H,7-8,18H2,1H3. The van der Waals surface area contributed by atoms with Crippen molar-refractivity contribution in [3.8, 4) is 5.75 Å². The first-order chi connectivity index (χ1) is 10.1. The number of hydrogen-bond acceptors (Lipinski definition) is 4. The number of benzene rings is 2. The molecule has 21 heavy (non-hydrogen) atoms. The molecule has 5 heteroatoms. The van der Waals surface area contributed by atoms with Gasteiger partial charge in [-0.3, -0.25) is 0 Å². The summed E-state index contributed by atoms with van der Waals surface area (Å²) in [4.78, 5) is 11.8. The Kier molecular flexibility index (Phi) is 4.77. The molecule has 2 aromatic rings. The molecule has 0 bridgehead atoms. The summed E-state index contributed by atoms with van der Waals surface area (Å²) in [5.41, 5.74) is 6.07. The van der Waals surface area contributed by atoms with Crippen molar-refractivity contribution in [1.82, 2.24) is 0 Å². The molecule has 0 heterocycles. The number of hydrogen-bond donors (Lipinski definition) is 1. The molecule has 0 spiro atoms. The van der Waals surface area contributed by atoms with E-state index in [9.17, 15) is 9.18 Å². The number of aryl methyl sites for hydroxylation is 1. The Bertz CT molecular complexity index is 629. The van der Waals surface area contributed by atoms with Crippen LogP contribution in [0.3, 0.4) is 0 Å². The average Bonchev–Trinajstić information content (AvgIpc) is 2.48. The average molecular weight is 289 g/mol. The van der Waals surface area contributed by atoms with E-state index in [-0.39, 0.29) is 18.8 Å². The number of carbonyl (C=O) groups is 1. The molecular weight excluding hydrogens is 273 g/mol. The van der Waals surface area contributed by atoms with Crippen LogP contribution in [0.15, 0.2) is 42.5 Å². The van der Waals surface area contributed by atoms with Crippen LogP contribution in [-0.2, 0) is 4.74 Å². The number of anilines is 1. The van der Waals surface area contributed by atoms with Gasteiger partial charge in [0.25, 0.3) is 0 Å². The maximum atomic E-state index is 13.8. The number of ether oxygens (including phenoxy) is 2. The van der Waals surface area contributed by atoms with E-state index in [2.05, 4.69) is 0 Å². The number of para-hydroxylation sites is 1. The molecule has 0 aliphatic rings. The molecule has 2 aromatic carbocycles. The van der Waals surface area contributed by atoms with Crippen LogP contribution in [0, 0.1) is 12.7 Å². The molecule has 0 aliphatic carbocycles. The summed E-state index contributed by atoms with van der Waals surface area (Å²) >= 11 is 0. The van der Waals surface area contributed by atoms with Crippen molar-refractivity contribution in [1.29, 1.82) is 0 Å². The van der Waals surface area contributed by atoms with Crippen LogP contribution in [0.25, 0.3) is 0 Å². The zero-order chi connectivity index (χ0) is 15.2. The molecule has 2 N–H and O–H groups in total. The first-order valence-electron chi connectivity index (χ1n) is 6.48. The van der Waals surface area contributed by atoms with Gasteiger partial charge in [-0.05, 0) is 36.8 Å². The van der Waals surface area contributed by atoms with Crippen molar-refractivity contribution >= 4 is 11.7 Å². The summed E-state index contributed by atoms with van der Waals surface area (Å²) < 4.78 is 24.2. The number of rotatable bonds is 5. The van der Waals surface area contributed by atoms with E-state index in [0.717, 1.165) is 0 Å². The molecule has 0 saturated heterocycles. The van der Waals surface area contributed by atoms with Crippen molar-refractivity contribution in [2.75, 3.05) is 18.9 Å². The van der Waals surface area contributed by atoms with Crippen LogP contribution in [0.5, 0.6) is 5.75 Å². The molecule has 0 saturated carbocycles. The van der Waals surface area contributed by atoms with E-state index in [1.54, 1.807) is 19.1 Å². The lowest BCUT2D eigenvalue weighted by atomic mass is 10.1. The highest BCUT2D eigenvalue weighted by molar-refractivity contribution is 5.91. The second-order valence-electron chi connectivity index (χ2n) is 4.50. The van der Waals surface area contributed by atoms with Crippen LogP contribution < -0.4 is 10.5 Å². The van der Waals surface area contributed by atoms with Gasteiger partial charge in [0.2, 0.25) is 0 Å². The highest BCUT2D eigenvalue weighted by Crippen LogP contribution is 2.18. The fraction of sp³-hybridized carbons (Fsp3) is 0.188. The Morgan fingerprint density at radius 1 is 1.19 bits per heavy atom. The Morgan fingerprint density at radius 3 is 2.62 bits per heavy atom. The van der Waals surface area contributed by atoms with Gasteiger partial charge >= 0.3 is 5.97 Å². The van der Waals surface area contributed by atoms with E-state index in [1.807, 2.05) is 18.2 Å². The lowest BCUT2D eigenvalue weighted by Gasteiger charge is -2.09. The minimum atomic E-state index is -0.750. The first-order valence-corrected chi connectivity index (χ1v) is 6.48. The van der Waals surface area contributed by atoms with Crippen LogP contribution in [0.2, 0.25) is 0 Å². The molecule has 110 valence electrons. The molecule has 0 atom stereocenters. The van der Waals surface area contributed by atoms with Crippen LogP contribution in [-0.4, -0.2) is 19.2 Å². The maximum Gasteiger partial charge on any atom is 0.341 e. The van der Waals surface area contributed by atoms with Crippen LogP contribution in [0.4, 0.5) is 10.1 Å². The summed E-state index contributed by atoms with van der Waals surface area (Å²) in [6.07, 6.45) is 0. The predicted molar refractivity (Wildman–Crippen MR) is 77.8 cm³/mol. The maximum absolute atomic E-state index is 13.8. The SMILES string of the molecule is Cc1cc(N)cc(C(=O)OCCOc2ccccc2)c1F. The molecule has 0 aromatic heterocycles. The first kappa shape index (κ1) is 14.8. The Morgan fingerprint density at radius 2 is 1.90 bits per heavy atom. The fourth-order valence-electron chi connectivity index (χ4n) is 1.83. The van der Waals surface area contributed by atoms with Gasteiger partial charge in [-0.1, -0.05) is 18.2 Å².